The average Bonchev–Trinajstić information content (AvgIpc) is 3.08. The molecule has 2 aliphatic rings. The lowest BCUT2D eigenvalue weighted by molar-refractivity contribution is -0.0926. The van der Waals surface area contributed by atoms with Gasteiger partial charge in [0.25, 0.3) is 5.91 Å². The SMILES string of the molecule is Cc1cncc(C(=O)N2CCC3(CC2)OCCc2sc(C(=O)O)cc23)c1. The largest absolute Gasteiger partial charge is 0.477 e. The van der Waals surface area contributed by atoms with Crippen LogP contribution in [-0.2, 0) is 16.8 Å². The topological polar surface area (TPSA) is 79.7 Å². The number of carbonyl (C=O) groups excluding carboxylic acids is 1. The third-order valence-electron chi connectivity index (χ3n) is 5.20. The Hall–Kier alpha value is -2.25. The van der Waals surface area contributed by atoms with E-state index in [4.69, 9.17) is 4.74 Å². The summed E-state index contributed by atoms with van der Waals surface area (Å²) >= 11 is 1.35. The Morgan fingerprint density at radius 2 is 2.04 bits per heavy atom. The number of aromatic nitrogens is 1. The summed E-state index contributed by atoms with van der Waals surface area (Å²) in [4.78, 5) is 31.5. The number of aryl methyl sites for hydroxylation is 1. The first-order valence-electron chi connectivity index (χ1n) is 8.70. The van der Waals surface area contributed by atoms with Gasteiger partial charge in [0, 0.05) is 36.8 Å². The molecule has 2 aliphatic heterocycles. The van der Waals surface area contributed by atoms with Crippen LogP contribution in [0.1, 0.15) is 48.9 Å². The van der Waals surface area contributed by atoms with Gasteiger partial charge in [-0.25, -0.2) is 4.79 Å². The third-order valence-corrected chi connectivity index (χ3v) is 6.38. The standard InChI is InChI=1S/C19H20N2O4S/c1-12-8-13(11-20-10-12)17(22)21-5-3-19(4-6-21)14-9-16(18(23)24)26-15(14)2-7-25-19/h8-11H,2-7H2,1H3,(H,23,24). The molecule has 0 radical (unpaired) electrons. The number of aromatic carboxylic acids is 1. The molecule has 4 rings (SSSR count). The Balaban J connectivity index is 1.54. The smallest absolute Gasteiger partial charge is 0.345 e. The molecule has 0 bridgehead atoms. The normalized spacial score (nSPS) is 18.6. The first kappa shape index (κ1) is 17.2. The minimum Gasteiger partial charge on any atom is -0.477 e. The molecular weight excluding hydrogens is 352 g/mol. The molecule has 0 atom stereocenters. The van der Waals surface area contributed by atoms with Crippen LogP contribution < -0.4 is 0 Å². The van der Waals surface area contributed by atoms with E-state index in [1.807, 2.05) is 17.9 Å². The van der Waals surface area contributed by atoms with E-state index in [0.29, 0.717) is 43.0 Å². The number of fused-ring (bicyclic) bond motifs is 2. The van der Waals surface area contributed by atoms with Crippen molar-refractivity contribution < 1.29 is 19.4 Å². The molecule has 1 fully saturated rings. The average molecular weight is 372 g/mol. The van der Waals surface area contributed by atoms with Gasteiger partial charge in [-0.05, 0) is 43.0 Å². The van der Waals surface area contributed by atoms with Crippen LogP contribution in [0.15, 0.2) is 24.5 Å². The lowest BCUT2D eigenvalue weighted by atomic mass is 9.82. The molecule has 1 N–H and O–H groups in total. The number of hydrogen-bond donors (Lipinski definition) is 1. The molecule has 1 spiro atoms. The third kappa shape index (κ3) is 2.91. The Morgan fingerprint density at radius 3 is 2.73 bits per heavy atom. The minimum absolute atomic E-state index is 0.0105. The second-order valence-corrected chi connectivity index (χ2v) is 8.03. The zero-order valence-electron chi connectivity index (χ0n) is 14.5. The fourth-order valence-corrected chi connectivity index (χ4v) is 4.93. The van der Waals surface area contributed by atoms with Crippen LogP contribution in [0.25, 0.3) is 0 Å². The van der Waals surface area contributed by atoms with Crippen molar-refractivity contribution in [3.63, 3.8) is 0 Å². The number of carboxylic acids is 1. The Morgan fingerprint density at radius 1 is 1.27 bits per heavy atom. The maximum atomic E-state index is 12.7. The van der Waals surface area contributed by atoms with Gasteiger partial charge in [-0.1, -0.05) is 0 Å². The quantitative estimate of drug-likeness (QED) is 0.877. The first-order valence-corrected chi connectivity index (χ1v) is 9.51. The van der Waals surface area contributed by atoms with Crippen LogP contribution in [0.4, 0.5) is 0 Å². The maximum Gasteiger partial charge on any atom is 0.345 e. The predicted molar refractivity (Wildman–Crippen MR) is 96.7 cm³/mol. The number of thiophene rings is 1. The van der Waals surface area contributed by atoms with E-state index in [1.165, 1.54) is 11.3 Å². The highest BCUT2D eigenvalue weighted by Gasteiger charge is 2.43. The van der Waals surface area contributed by atoms with Gasteiger partial charge in [-0.15, -0.1) is 11.3 Å². The highest BCUT2D eigenvalue weighted by atomic mass is 32.1. The van der Waals surface area contributed by atoms with Crippen LogP contribution >= 0.6 is 11.3 Å². The van der Waals surface area contributed by atoms with Gasteiger partial charge in [-0.2, -0.15) is 0 Å². The van der Waals surface area contributed by atoms with E-state index < -0.39 is 11.6 Å². The summed E-state index contributed by atoms with van der Waals surface area (Å²) in [7, 11) is 0. The van der Waals surface area contributed by atoms with Gasteiger partial charge >= 0.3 is 5.97 Å². The molecule has 2 aromatic heterocycles. The van der Waals surface area contributed by atoms with Crippen molar-refractivity contribution in [3.8, 4) is 0 Å². The van der Waals surface area contributed by atoms with Crippen LogP contribution in [0.2, 0.25) is 0 Å². The summed E-state index contributed by atoms with van der Waals surface area (Å²) in [6.07, 6.45) is 5.46. The minimum atomic E-state index is -0.890. The molecule has 7 heteroatoms. The number of hydrogen-bond acceptors (Lipinski definition) is 5. The van der Waals surface area contributed by atoms with Crippen LogP contribution in [0.5, 0.6) is 0 Å². The molecule has 1 saturated heterocycles. The van der Waals surface area contributed by atoms with E-state index in [0.717, 1.165) is 22.4 Å². The number of pyridine rings is 1. The van der Waals surface area contributed by atoms with Crippen molar-refractivity contribution in [2.45, 2.75) is 31.8 Å². The second-order valence-electron chi connectivity index (χ2n) is 6.89. The highest BCUT2D eigenvalue weighted by Crippen LogP contribution is 2.44. The molecular formula is C19H20N2O4S. The molecule has 6 nitrogen and oxygen atoms in total. The van der Waals surface area contributed by atoms with Crippen molar-refractivity contribution in [3.05, 3.63) is 51.0 Å². The first-order chi connectivity index (χ1) is 12.5. The van der Waals surface area contributed by atoms with E-state index in [9.17, 15) is 14.7 Å². The fraction of sp³-hybridized carbons (Fsp3) is 0.421. The van der Waals surface area contributed by atoms with Crippen molar-refractivity contribution in [1.29, 1.82) is 0 Å². The maximum absolute atomic E-state index is 12.7. The van der Waals surface area contributed by atoms with Crippen molar-refractivity contribution >= 4 is 23.2 Å². The fourth-order valence-electron chi connectivity index (χ4n) is 3.86. The van der Waals surface area contributed by atoms with Gasteiger partial charge in [0.05, 0.1) is 17.8 Å². The number of piperidine rings is 1. The number of carboxylic acid groups (broad SMARTS) is 1. The predicted octanol–water partition coefficient (Wildman–Crippen LogP) is 2.85. The van der Waals surface area contributed by atoms with Gasteiger partial charge in [0.2, 0.25) is 0 Å². The van der Waals surface area contributed by atoms with Gasteiger partial charge < -0.3 is 14.7 Å². The number of ether oxygens (including phenoxy) is 1. The summed E-state index contributed by atoms with van der Waals surface area (Å²) in [5.74, 6) is -0.900. The number of likely N-dealkylation sites (tertiary alicyclic amines) is 1. The van der Waals surface area contributed by atoms with Gasteiger partial charge in [-0.3, -0.25) is 9.78 Å². The Kier molecular flexibility index (Phi) is 4.28. The Labute approximate surface area is 155 Å². The van der Waals surface area contributed by atoms with E-state index in [-0.39, 0.29) is 5.91 Å². The Bertz CT molecular complexity index is 868. The van der Waals surface area contributed by atoms with Crippen LogP contribution in [0, 0.1) is 6.92 Å². The number of rotatable bonds is 2. The monoisotopic (exact) mass is 372 g/mol. The van der Waals surface area contributed by atoms with E-state index in [1.54, 1.807) is 18.5 Å². The molecule has 1 amide bonds. The number of carbonyl (C=O) groups is 2. The molecule has 136 valence electrons. The molecule has 0 aliphatic carbocycles. The van der Waals surface area contributed by atoms with Crippen LogP contribution in [-0.4, -0.2) is 46.6 Å². The summed E-state index contributed by atoms with van der Waals surface area (Å²) in [6.45, 7) is 3.69. The van der Waals surface area contributed by atoms with Gasteiger partial charge in [0.1, 0.15) is 4.88 Å². The second kappa shape index (κ2) is 6.48. The molecule has 0 aromatic carbocycles. The summed E-state index contributed by atoms with van der Waals surface area (Å²) < 4.78 is 6.14. The van der Waals surface area contributed by atoms with Crippen molar-refractivity contribution in [1.82, 2.24) is 9.88 Å². The summed E-state index contributed by atoms with van der Waals surface area (Å²) in [6, 6.07) is 3.62. The summed E-state index contributed by atoms with van der Waals surface area (Å²) in [5.41, 5.74) is 2.12. The van der Waals surface area contributed by atoms with Crippen molar-refractivity contribution in [2.75, 3.05) is 19.7 Å². The molecule has 26 heavy (non-hydrogen) atoms. The number of amides is 1. The molecule has 2 aromatic rings. The lowest BCUT2D eigenvalue weighted by Crippen LogP contribution is -2.48. The summed E-state index contributed by atoms with van der Waals surface area (Å²) in [5, 5.41) is 9.29. The molecule has 4 heterocycles. The van der Waals surface area contributed by atoms with E-state index >= 15 is 0 Å². The zero-order valence-corrected chi connectivity index (χ0v) is 15.3. The van der Waals surface area contributed by atoms with Crippen LogP contribution in [0.3, 0.4) is 0 Å². The van der Waals surface area contributed by atoms with Gasteiger partial charge in [0.15, 0.2) is 0 Å². The molecule has 0 saturated carbocycles. The zero-order chi connectivity index (χ0) is 18.3. The lowest BCUT2D eigenvalue weighted by Gasteiger charge is -2.44. The molecule has 0 unspecified atom stereocenters. The number of nitrogens with zero attached hydrogens (tertiary/aromatic N) is 2. The van der Waals surface area contributed by atoms with Crippen molar-refractivity contribution in [2.24, 2.45) is 0 Å². The van der Waals surface area contributed by atoms with E-state index in [2.05, 4.69) is 4.98 Å². The highest BCUT2D eigenvalue weighted by molar-refractivity contribution is 7.14.